The van der Waals surface area contributed by atoms with Crippen LogP contribution in [-0.4, -0.2) is 12.1 Å². The molecule has 0 fully saturated rings. The third-order valence-corrected chi connectivity index (χ3v) is 1.79. The first-order chi connectivity index (χ1) is 7.11. The van der Waals surface area contributed by atoms with Crippen molar-refractivity contribution in [3.05, 3.63) is 23.3 Å². The Balaban J connectivity index is 3.30. The van der Waals surface area contributed by atoms with Gasteiger partial charge in [-0.05, 0) is 0 Å². The normalized spacial score (nSPS) is 10.1. The molecule has 0 bridgehead atoms. The molecule has 1 heterocycles. The zero-order chi connectivity index (χ0) is 11.4. The topological polar surface area (TPSA) is 45.9 Å². The van der Waals surface area contributed by atoms with Crippen LogP contribution in [0, 0.1) is 17.1 Å². The van der Waals surface area contributed by atoms with Crippen molar-refractivity contribution in [3.8, 4) is 11.8 Å². The molecule has 0 atom stereocenters. The van der Waals surface area contributed by atoms with Crippen molar-refractivity contribution in [2.45, 2.75) is 12.8 Å². The van der Waals surface area contributed by atoms with Gasteiger partial charge in [-0.3, -0.25) is 0 Å². The monoisotopic (exact) mass is 216 g/mol. The summed E-state index contributed by atoms with van der Waals surface area (Å²) in [6.45, 7) is 0. The highest BCUT2D eigenvalue weighted by molar-refractivity contribution is 5.36. The van der Waals surface area contributed by atoms with E-state index in [0.717, 1.165) is 6.20 Å². The van der Waals surface area contributed by atoms with Crippen LogP contribution in [0.4, 0.5) is 13.2 Å². The van der Waals surface area contributed by atoms with E-state index in [-0.39, 0.29) is 17.7 Å². The molecule has 0 aliphatic carbocycles. The maximum atomic E-state index is 13.4. The van der Waals surface area contributed by atoms with Gasteiger partial charge in [0.05, 0.1) is 25.8 Å². The standard InChI is InChI=1S/C9H7F3N2O/c1-15-6-4-14-8(9(11)12)7(10)5(6)2-3-13/h4,9H,2H2,1H3. The third kappa shape index (κ3) is 2.18. The van der Waals surface area contributed by atoms with Crippen LogP contribution in [0.15, 0.2) is 6.20 Å². The SMILES string of the molecule is COc1cnc(C(F)F)c(F)c1CC#N. The summed E-state index contributed by atoms with van der Waals surface area (Å²) in [6, 6.07) is 1.67. The van der Waals surface area contributed by atoms with E-state index in [0.29, 0.717) is 0 Å². The van der Waals surface area contributed by atoms with Gasteiger partial charge < -0.3 is 4.74 Å². The molecule has 15 heavy (non-hydrogen) atoms. The van der Waals surface area contributed by atoms with Crippen LogP contribution in [0.25, 0.3) is 0 Å². The number of methoxy groups -OCH3 is 1. The molecular formula is C9H7F3N2O. The van der Waals surface area contributed by atoms with E-state index in [1.54, 1.807) is 6.07 Å². The second-order valence-electron chi connectivity index (χ2n) is 2.64. The van der Waals surface area contributed by atoms with Crippen molar-refractivity contribution in [2.24, 2.45) is 0 Å². The van der Waals surface area contributed by atoms with Crippen molar-refractivity contribution in [1.82, 2.24) is 4.98 Å². The Morgan fingerprint density at radius 1 is 1.60 bits per heavy atom. The van der Waals surface area contributed by atoms with Gasteiger partial charge in [0.25, 0.3) is 6.43 Å². The van der Waals surface area contributed by atoms with Crippen LogP contribution in [0.1, 0.15) is 17.7 Å². The molecular weight excluding hydrogens is 209 g/mol. The van der Waals surface area contributed by atoms with Crippen LogP contribution >= 0.6 is 0 Å². The van der Waals surface area contributed by atoms with Crippen LogP contribution in [0.2, 0.25) is 0 Å². The molecule has 0 saturated heterocycles. The summed E-state index contributed by atoms with van der Waals surface area (Å²) in [5, 5.41) is 8.41. The number of ether oxygens (including phenoxy) is 1. The lowest BCUT2D eigenvalue weighted by molar-refractivity contribution is 0.140. The molecule has 1 aromatic heterocycles. The van der Waals surface area contributed by atoms with E-state index in [4.69, 9.17) is 10.00 Å². The van der Waals surface area contributed by atoms with Gasteiger partial charge in [-0.2, -0.15) is 5.26 Å². The number of rotatable bonds is 3. The van der Waals surface area contributed by atoms with Crippen LogP contribution in [0.5, 0.6) is 5.75 Å². The van der Waals surface area contributed by atoms with Gasteiger partial charge in [-0.15, -0.1) is 0 Å². The molecule has 0 N–H and O–H groups in total. The lowest BCUT2D eigenvalue weighted by atomic mass is 10.1. The number of pyridine rings is 1. The molecule has 0 aromatic carbocycles. The summed E-state index contributed by atoms with van der Waals surface area (Å²) in [7, 11) is 1.25. The van der Waals surface area contributed by atoms with Gasteiger partial charge in [-0.25, -0.2) is 18.2 Å². The summed E-state index contributed by atoms with van der Waals surface area (Å²) in [4.78, 5) is 3.23. The Labute approximate surface area is 84.1 Å². The Morgan fingerprint density at radius 3 is 2.73 bits per heavy atom. The quantitative estimate of drug-likeness (QED) is 0.778. The zero-order valence-electron chi connectivity index (χ0n) is 7.80. The Kier molecular flexibility index (Phi) is 3.50. The van der Waals surface area contributed by atoms with E-state index in [1.807, 2.05) is 0 Å². The van der Waals surface area contributed by atoms with Gasteiger partial charge in [0.1, 0.15) is 11.4 Å². The molecule has 6 heteroatoms. The molecule has 1 aromatic rings. The highest BCUT2D eigenvalue weighted by Gasteiger charge is 2.21. The number of nitriles is 1. The number of halogens is 3. The van der Waals surface area contributed by atoms with Gasteiger partial charge in [0.15, 0.2) is 5.82 Å². The Morgan fingerprint density at radius 2 is 2.27 bits per heavy atom. The summed E-state index contributed by atoms with van der Waals surface area (Å²) < 4.78 is 42.6. The van der Waals surface area contributed by atoms with Crippen molar-refractivity contribution in [1.29, 1.82) is 5.26 Å². The fraction of sp³-hybridized carbons (Fsp3) is 0.333. The van der Waals surface area contributed by atoms with E-state index < -0.39 is 17.9 Å². The fourth-order valence-electron chi connectivity index (χ4n) is 1.10. The van der Waals surface area contributed by atoms with Gasteiger partial charge in [-0.1, -0.05) is 0 Å². The first-order valence-corrected chi connectivity index (χ1v) is 3.98. The molecule has 0 saturated carbocycles. The molecule has 0 spiro atoms. The van der Waals surface area contributed by atoms with Crippen LogP contribution in [0.3, 0.4) is 0 Å². The van der Waals surface area contributed by atoms with Crippen LogP contribution in [-0.2, 0) is 6.42 Å². The number of nitrogens with zero attached hydrogens (tertiary/aromatic N) is 2. The minimum Gasteiger partial charge on any atom is -0.495 e. The Hall–Kier alpha value is -1.77. The minimum absolute atomic E-state index is 0.00144. The predicted octanol–water partition coefficient (Wildman–Crippen LogP) is 2.23. The third-order valence-electron chi connectivity index (χ3n) is 1.79. The average Bonchev–Trinajstić information content (AvgIpc) is 2.20. The highest BCUT2D eigenvalue weighted by atomic mass is 19.3. The number of hydrogen-bond donors (Lipinski definition) is 0. The lowest BCUT2D eigenvalue weighted by Crippen LogP contribution is -2.03. The lowest BCUT2D eigenvalue weighted by Gasteiger charge is -2.09. The summed E-state index contributed by atoms with van der Waals surface area (Å²) in [5.74, 6) is -1.18. The molecule has 3 nitrogen and oxygen atoms in total. The molecule has 0 unspecified atom stereocenters. The molecule has 0 amide bonds. The van der Waals surface area contributed by atoms with Crippen molar-refractivity contribution < 1.29 is 17.9 Å². The second kappa shape index (κ2) is 4.64. The van der Waals surface area contributed by atoms with E-state index >= 15 is 0 Å². The summed E-state index contributed by atoms with van der Waals surface area (Å²) in [5.41, 5.74) is -1.15. The van der Waals surface area contributed by atoms with Crippen LogP contribution < -0.4 is 4.74 Å². The predicted molar refractivity (Wildman–Crippen MR) is 45.0 cm³/mol. The first-order valence-electron chi connectivity index (χ1n) is 3.98. The highest BCUT2D eigenvalue weighted by Crippen LogP contribution is 2.27. The fourth-order valence-corrected chi connectivity index (χ4v) is 1.10. The molecule has 0 aliphatic rings. The molecule has 0 radical (unpaired) electrons. The molecule has 0 aliphatic heterocycles. The minimum atomic E-state index is -3.01. The van der Waals surface area contributed by atoms with Gasteiger partial charge in [0.2, 0.25) is 0 Å². The summed E-state index contributed by atoms with van der Waals surface area (Å²) >= 11 is 0. The second-order valence-corrected chi connectivity index (χ2v) is 2.64. The molecule has 80 valence electrons. The van der Waals surface area contributed by atoms with E-state index in [1.165, 1.54) is 7.11 Å². The number of hydrogen-bond acceptors (Lipinski definition) is 3. The smallest absolute Gasteiger partial charge is 0.283 e. The molecule has 1 rings (SSSR count). The zero-order valence-corrected chi connectivity index (χ0v) is 7.80. The van der Waals surface area contributed by atoms with Crippen molar-refractivity contribution in [3.63, 3.8) is 0 Å². The van der Waals surface area contributed by atoms with Crippen molar-refractivity contribution in [2.75, 3.05) is 7.11 Å². The van der Waals surface area contributed by atoms with Crippen molar-refractivity contribution >= 4 is 0 Å². The van der Waals surface area contributed by atoms with E-state index in [9.17, 15) is 13.2 Å². The van der Waals surface area contributed by atoms with E-state index in [2.05, 4.69) is 4.98 Å². The Bertz CT molecular complexity index is 401. The first kappa shape index (κ1) is 11.3. The number of alkyl halides is 2. The van der Waals surface area contributed by atoms with Gasteiger partial charge >= 0.3 is 0 Å². The number of aromatic nitrogens is 1. The maximum Gasteiger partial charge on any atom is 0.283 e. The van der Waals surface area contributed by atoms with Gasteiger partial charge in [0, 0.05) is 5.56 Å². The maximum absolute atomic E-state index is 13.4. The summed E-state index contributed by atoms with van der Waals surface area (Å²) in [6.07, 6.45) is -2.36. The largest absolute Gasteiger partial charge is 0.495 e. The average molecular weight is 216 g/mol.